The van der Waals surface area contributed by atoms with E-state index < -0.39 is 11.8 Å². The summed E-state index contributed by atoms with van der Waals surface area (Å²) in [5, 5.41) is 6.05. The zero-order valence-corrected chi connectivity index (χ0v) is 19.7. The van der Waals surface area contributed by atoms with Gasteiger partial charge in [-0.1, -0.05) is 41.9 Å². The molecule has 2 amide bonds. The van der Waals surface area contributed by atoms with E-state index >= 15 is 0 Å². The van der Waals surface area contributed by atoms with E-state index in [1.807, 2.05) is 18.2 Å². The Morgan fingerprint density at radius 1 is 1.06 bits per heavy atom. The second-order valence-corrected chi connectivity index (χ2v) is 8.97. The van der Waals surface area contributed by atoms with E-state index in [1.54, 1.807) is 6.07 Å². The first-order valence-electron chi connectivity index (χ1n) is 11.5. The summed E-state index contributed by atoms with van der Waals surface area (Å²) in [6.45, 7) is 4.53. The van der Waals surface area contributed by atoms with Crippen LogP contribution in [0.2, 0.25) is 5.02 Å². The van der Waals surface area contributed by atoms with Crippen LogP contribution in [-0.2, 0) is 27.3 Å². The number of hydrogen-bond acceptors (Lipinski definition) is 5. The predicted octanol–water partition coefficient (Wildman–Crippen LogP) is 2.53. The highest BCUT2D eigenvalue weighted by molar-refractivity contribution is 6.35. The molecule has 176 valence electrons. The number of morpholine rings is 1. The average Bonchev–Trinajstić information content (AvgIpc) is 2.84. The molecule has 2 aliphatic heterocycles. The molecular formula is C25H31ClN4O3. The van der Waals surface area contributed by atoms with Crippen molar-refractivity contribution in [3.63, 3.8) is 0 Å². The molecule has 8 heteroatoms. The molecule has 0 aliphatic carbocycles. The van der Waals surface area contributed by atoms with E-state index in [9.17, 15) is 9.59 Å². The van der Waals surface area contributed by atoms with Gasteiger partial charge in [0.2, 0.25) is 0 Å². The summed E-state index contributed by atoms with van der Waals surface area (Å²) in [6, 6.07) is 13.8. The van der Waals surface area contributed by atoms with Crippen LogP contribution in [0.3, 0.4) is 0 Å². The SMILES string of the molecule is CN1CCCc2cc([C@H](CNC(=O)C(=O)NCc3ccccc3Cl)N3CCOCC3)ccc21. The van der Waals surface area contributed by atoms with Crippen molar-refractivity contribution in [2.24, 2.45) is 0 Å². The van der Waals surface area contributed by atoms with Gasteiger partial charge in [-0.2, -0.15) is 0 Å². The van der Waals surface area contributed by atoms with Crippen LogP contribution in [0.5, 0.6) is 0 Å². The van der Waals surface area contributed by atoms with Crippen molar-refractivity contribution in [2.75, 3.05) is 51.3 Å². The summed E-state index contributed by atoms with van der Waals surface area (Å²) in [5.74, 6) is -1.30. The van der Waals surface area contributed by atoms with Crippen LogP contribution in [0.25, 0.3) is 0 Å². The molecule has 7 nitrogen and oxygen atoms in total. The number of ether oxygens (including phenoxy) is 1. The predicted molar refractivity (Wildman–Crippen MR) is 129 cm³/mol. The van der Waals surface area contributed by atoms with Crippen molar-refractivity contribution in [1.82, 2.24) is 15.5 Å². The van der Waals surface area contributed by atoms with E-state index in [4.69, 9.17) is 16.3 Å². The topological polar surface area (TPSA) is 73.9 Å². The van der Waals surface area contributed by atoms with E-state index in [0.29, 0.717) is 24.8 Å². The Hall–Kier alpha value is -2.61. The number of benzene rings is 2. The Morgan fingerprint density at radius 2 is 1.82 bits per heavy atom. The lowest BCUT2D eigenvalue weighted by atomic mass is 9.95. The van der Waals surface area contributed by atoms with Crippen LogP contribution in [0, 0.1) is 0 Å². The highest BCUT2D eigenvalue weighted by Crippen LogP contribution is 2.31. The second kappa shape index (κ2) is 11.0. The summed E-state index contributed by atoms with van der Waals surface area (Å²) in [7, 11) is 2.12. The molecule has 2 N–H and O–H groups in total. The molecule has 2 heterocycles. The number of carbonyl (C=O) groups is 2. The normalized spacial score (nSPS) is 17.2. The van der Waals surface area contributed by atoms with Gasteiger partial charge < -0.3 is 20.3 Å². The minimum Gasteiger partial charge on any atom is -0.379 e. The number of fused-ring (bicyclic) bond motifs is 1. The first kappa shape index (κ1) is 23.5. The lowest BCUT2D eigenvalue weighted by molar-refractivity contribution is -0.139. The molecule has 2 aromatic carbocycles. The molecule has 0 bridgehead atoms. The second-order valence-electron chi connectivity index (χ2n) is 8.56. The van der Waals surface area contributed by atoms with Crippen LogP contribution in [-0.4, -0.2) is 63.2 Å². The Bertz CT molecular complexity index is 993. The molecule has 2 aromatic rings. The smallest absolute Gasteiger partial charge is 0.309 e. The van der Waals surface area contributed by atoms with Crippen molar-refractivity contribution in [1.29, 1.82) is 0 Å². The minimum absolute atomic E-state index is 0.0215. The summed E-state index contributed by atoms with van der Waals surface area (Å²) in [6.07, 6.45) is 2.19. The molecule has 2 aliphatic rings. The number of nitrogens with zero attached hydrogens (tertiary/aromatic N) is 2. The number of halogens is 1. The van der Waals surface area contributed by atoms with Gasteiger partial charge in [0, 0.05) is 50.5 Å². The third-order valence-electron chi connectivity index (χ3n) is 6.39. The maximum absolute atomic E-state index is 12.5. The van der Waals surface area contributed by atoms with E-state index in [0.717, 1.165) is 43.6 Å². The molecule has 4 rings (SSSR count). The van der Waals surface area contributed by atoms with Gasteiger partial charge >= 0.3 is 11.8 Å². The van der Waals surface area contributed by atoms with Gasteiger partial charge in [-0.15, -0.1) is 0 Å². The van der Waals surface area contributed by atoms with Crippen molar-refractivity contribution < 1.29 is 14.3 Å². The molecule has 33 heavy (non-hydrogen) atoms. The van der Waals surface area contributed by atoms with Crippen LogP contribution in [0.4, 0.5) is 5.69 Å². The monoisotopic (exact) mass is 470 g/mol. The third-order valence-corrected chi connectivity index (χ3v) is 6.75. The molecule has 1 fully saturated rings. The van der Waals surface area contributed by atoms with E-state index in [1.165, 1.54) is 11.3 Å². The number of nitrogens with one attached hydrogen (secondary N) is 2. The van der Waals surface area contributed by atoms with Crippen LogP contribution < -0.4 is 15.5 Å². The minimum atomic E-state index is -0.664. The van der Waals surface area contributed by atoms with Gasteiger partial charge in [-0.05, 0) is 41.7 Å². The zero-order chi connectivity index (χ0) is 23.2. The van der Waals surface area contributed by atoms with Gasteiger partial charge in [0.25, 0.3) is 0 Å². The number of aryl methyl sites for hydroxylation is 1. The zero-order valence-electron chi connectivity index (χ0n) is 19.0. The average molecular weight is 471 g/mol. The fourth-order valence-electron chi connectivity index (χ4n) is 4.53. The van der Waals surface area contributed by atoms with Crippen LogP contribution >= 0.6 is 11.6 Å². The molecule has 0 saturated carbocycles. The van der Waals surface area contributed by atoms with Gasteiger partial charge in [0.1, 0.15) is 0 Å². The van der Waals surface area contributed by atoms with Crippen molar-refractivity contribution in [3.05, 3.63) is 64.2 Å². The highest BCUT2D eigenvalue weighted by Gasteiger charge is 2.26. The van der Waals surface area contributed by atoms with Gasteiger partial charge in [-0.25, -0.2) is 0 Å². The quantitative estimate of drug-likeness (QED) is 0.635. The first-order chi connectivity index (χ1) is 16.0. The molecule has 0 spiro atoms. The van der Waals surface area contributed by atoms with E-state index in [2.05, 4.69) is 45.7 Å². The fraction of sp³-hybridized carbons (Fsp3) is 0.440. The van der Waals surface area contributed by atoms with Crippen molar-refractivity contribution in [2.45, 2.75) is 25.4 Å². The third kappa shape index (κ3) is 5.85. The fourth-order valence-corrected chi connectivity index (χ4v) is 4.73. The maximum atomic E-state index is 12.5. The van der Waals surface area contributed by atoms with Crippen molar-refractivity contribution >= 4 is 29.1 Å². The summed E-state index contributed by atoms with van der Waals surface area (Å²) >= 11 is 6.13. The van der Waals surface area contributed by atoms with Gasteiger partial charge in [0.05, 0.1) is 19.3 Å². The Labute approximate surface area is 200 Å². The summed E-state index contributed by atoms with van der Waals surface area (Å²) in [5.41, 5.74) is 4.53. The maximum Gasteiger partial charge on any atom is 0.309 e. The highest BCUT2D eigenvalue weighted by atomic mass is 35.5. The molecule has 1 atom stereocenters. The Kier molecular flexibility index (Phi) is 7.85. The van der Waals surface area contributed by atoms with Crippen LogP contribution in [0.1, 0.15) is 29.2 Å². The summed E-state index contributed by atoms with van der Waals surface area (Å²) in [4.78, 5) is 29.5. The molecule has 0 aromatic heterocycles. The Morgan fingerprint density at radius 3 is 2.61 bits per heavy atom. The number of rotatable bonds is 6. The number of hydrogen-bond donors (Lipinski definition) is 2. The summed E-state index contributed by atoms with van der Waals surface area (Å²) < 4.78 is 5.53. The standard InChI is InChI=1S/C25H31ClN4O3/c1-29-10-4-6-18-15-19(8-9-22(18)29)23(30-11-13-33-14-12-30)17-28-25(32)24(31)27-16-20-5-2-3-7-21(20)26/h2-3,5,7-9,15,23H,4,6,10-14,16-17H2,1H3,(H,27,31)(H,28,32)/t23-/m0/s1. The van der Waals surface area contributed by atoms with Crippen LogP contribution in [0.15, 0.2) is 42.5 Å². The number of anilines is 1. The molecule has 1 saturated heterocycles. The molecule has 0 radical (unpaired) electrons. The lowest BCUT2D eigenvalue weighted by Gasteiger charge is -2.36. The molecule has 0 unspecified atom stereocenters. The van der Waals surface area contributed by atoms with Gasteiger partial charge in [0.15, 0.2) is 0 Å². The number of amides is 2. The lowest BCUT2D eigenvalue weighted by Crippen LogP contribution is -2.46. The largest absolute Gasteiger partial charge is 0.379 e. The number of carbonyl (C=O) groups excluding carboxylic acids is 2. The van der Waals surface area contributed by atoms with E-state index in [-0.39, 0.29) is 12.6 Å². The molecular weight excluding hydrogens is 440 g/mol. The van der Waals surface area contributed by atoms with Crippen molar-refractivity contribution in [3.8, 4) is 0 Å². The Balaban J connectivity index is 1.42. The van der Waals surface area contributed by atoms with Gasteiger partial charge in [-0.3, -0.25) is 14.5 Å². The first-order valence-corrected chi connectivity index (χ1v) is 11.9.